The van der Waals surface area contributed by atoms with Gasteiger partial charge < -0.3 is 10.4 Å². The van der Waals surface area contributed by atoms with Crippen molar-refractivity contribution in [1.29, 1.82) is 0 Å². The van der Waals surface area contributed by atoms with Gasteiger partial charge in [-0.1, -0.05) is 19.1 Å². The van der Waals surface area contributed by atoms with E-state index in [0.29, 0.717) is 0 Å². The van der Waals surface area contributed by atoms with E-state index in [1.165, 1.54) is 0 Å². The summed E-state index contributed by atoms with van der Waals surface area (Å²) in [6.45, 7) is 6.43. The first-order valence-corrected chi connectivity index (χ1v) is 4.67. The second-order valence-electron chi connectivity index (χ2n) is 3.23. The van der Waals surface area contributed by atoms with Gasteiger partial charge in [0.2, 0.25) is 0 Å². The first-order valence-electron chi connectivity index (χ1n) is 4.67. The van der Waals surface area contributed by atoms with Crippen LogP contribution in [-0.4, -0.2) is 23.7 Å². The van der Waals surface area contributed by atoms with Gasteiger partial charge in [0, 0.05) is 6.04 Å². The molecular weight excluding hydrogens is 166 g/mol. The van der Waals surface area contributed by atoms with Crippen LogP contribution >= 0.6 is 0 Å². The number of carbonyl (C=O) groups is 1. The lowest BCUT2D eigenvalue weighted by atomic mass is 10.0. The molecule has 0 aromatic rings. The molecular formula is C10H19NO2. The summed E-state index contributed by atoms with van der Waals surface area (Å²) < 4.78 is 0. The second kappa shape index (κ2) is 6.66. The number of allylic oxidation sites excluding steroid dienone is 1. The fourth-order valence-electron chi connectivity index (χ4n) is 0.952. The largest absolute Gasteiger partial charge is 0.481 e. The Kier molecular flexibility index (Phi) is 6.24. The number of carboxylic acid groups (broad SMARTS) is 1. The van der Waals surface area contributed by atoms with Crippen LogP contribution in [0.4, 0.5) is 0 Å². The maximum Gasteiger partial charge on any atom is 0.307 e. The van der Waals surface area contributed by atoms with Gasteiger partial charge >= 0.3 is 5.97 Å². The standard InChI is InChI=1S/C10H19NO2/c1-4-5-6-7-11-9(3)8(2)10(12)13/h4-5,8-9,11H,6-7H2,1-3H3,(H,12,13)/b5-4+. The molecule has 0 aromatic carbocycles. The fourth-order valence-corrected chi connectivity index (χ4v) is 0.952. The third kappa shape index (κ3) is 5.42. The van der Waals surface area contributed by atoms with Crippen LogP contribution in [0, 0.1) is 5.92 Å². The maximum absolute atomic E-state index is 10.6. The van der Waals surface area contributed by atoms with Crippen LogP contribution in [0.3, 0.4) is 0 Å². The Hall–Kier alpha value is -0.830. The molecule has 0 rings (SSSR count). The van der Waals surface area contributed by atoms with Gasteiger partial charge in [-0.25, -0.2) is 0 Å². The summed E-state index contributed by atoms with van der Waals surface area (Å²) in [4.78, 5) is 10.6. The van der Waals surface area contributed by atoms with Gasteiger partial charge in [0.15, 0.2) is 0 Å². The molecule has 0 aromatic heterocycles. The normalized spacial score (nSPS) is 15.9. The van der Waals surface area contributed by atoms with Crippen molar-refractivity contribution < 1.29 is 9.90 Å². The molecule has 0 aliphatic carbocycles. The Morgan fingerprint density at radius 1 is 1.54 bits per heavy atom. The van der Waals surface area contributed by atoms with Crippen LogP contribution in [-0.2, 0) is 4.79 Å². The molecule has 76 valence electrons. The summed E-state index contributed by atoms with van der Waals surface area (Å²) >= 11 is 0. The molecule has 0 saturated heterocycles. The van der Waals surface area contributed by atoms with Crippen molar-refractivity contribution in [2.45, 2.75) is 33.2 Å². The minimum Gasteiger partial charge on any atom is -0.481 e. The van der Waals surface area contributed by atoms with Crippen molar-refractivity contribution >= 4 is 5.97 Å². The number of carboxylic acids is 1. The van der Waals surface area contributed by atoms with Crippen LogP contribution in [0.25, 0.3) is 0 Å². The molecule has 0 aliphatic heterocycles. The number of nitrogens with one attached hydrogen (secondary N) is 1. The summed E-state index contributed by atoms with van der Waals surface area (Å²) in [5.41, 5.74) is 0. The van der Waals surface area contributed by atoms with Crippen molar-refractivity contribution in [2.75, 3.05) is 6.54 Å². The fraction of sp³-hybridized carbons (Fsp3) is 0.700. The Labute approximate surface area is 79.8 Å². The molecule has 2 N–H and O–H groups in total. The molecule has 13 heavy (non-hydrogen) atoms. The number of hydrogen-bond donors (Lipinski definition) is 2. The lowest BCUT2D eigenvalue weighted by molar-refractivity contribution is -0.141. The van der Waals surface area contributed by atoms with Gasteiger partial charge in [-0.2, -0.15) is 0 Å². The molecule has 0 radical (unpaired) electrons. The summed E-state index contributed by atoms with van der Waals surface area (Å²) in [6, 6.07) is 0.0303. The monoisotopic (exact) mass is 185 g/mol. The zero-order valence-corrected chi connectivity index (χ0v) is 8.58. The second-order valence-corrected chi connectivity index (χ2v) is 3.23. The molecule has 0 amide bonds. The average Bonchev–Trinajstić information content (AvgIpc) is 2.10. The molecule has 0 heterocycles. The Morgan fingerprint density at radius 2 is 2.15 bits per heavy atom. The topological polar surface area (TPSA) is 49.3 Å². The molecule has 0 aliphatic rings. The zero-order valence-electron chi connectivity index (χ0n) is 8.58. The lowest BCUT2D eigenvalue weighted by Gasteiger charge is -2.16. The van der Waals surface area contributed by atoms with E-state index in [1.54, 1.807) is 6.92 Å². The Balaban J connectivity index is 3.61. The van der Waals surface area contributed by atoms with Crippen LogP contribution in [0.15, 0.2) is 12.2 Å². The van der Waals surface area contributed by atoms with Crippen LogP contribution in [0.5, 0.6) is 0 Å². The molecule has 0 saturated carbocycles. The van der Waals surface area contributed by atoms with Crippen molar-refractivity contribution in [3.05, 3.63) is 12.2 Å². The third-order valence-corrected chi connectivity index (χ3v) is 2.15. The van der Waals surface area contributed by atoms with Crippen LogP contribution in [0.2, 0.25) is 0 Å². The minimum absolute atomic E-state index is 0.0303. The molecule has 3 nitrogen and oxygen atoms in total. The average molecular weight is 185 g/mol. The molecule has 0 spiro atoms. The number of hydrogen-bond acceptors (Lipinski definition) is 2. The highest BCUT2D eigenvalue weighted by molar-refractivity contribution is 5.70. The van der Waals surface area contributed by atoms with E-state index >= 15 is 0 Å². The highest BCUT2D eigenvalue weighted by atomic mass is 16.4. The lowest BCUT2D eigenvalue weighted by Crippen LogP contribution is -2.36. The first kappa shape index (κ1) is 12.2. The number of aliphatic carboxylic acids is 1. The summed E-state index contributed by atoms with van der Waals surface area (Å²) in [7, 11) is 0. The van der Waals surface area contributed by atoms with Gasteiger partial charge in [-0.3, -0.25) is 4.79 Å². The smallest absolute Gasteiger partial charge is 0.307 e. The van der Waals surface area contributed by atoms with Crippen LogP contribution < -0.4 is 5.32 Å². The zero-order chi connectivity index (χ0) is 10.3. The van der Waals surface area contributed by atoms with E-state index < -0.39 is 5.97 Å². The predicted octanol–water partition coefficient (Wildman–Crippen LogP) is 1.65. The summed E-state index contributed by atoms with van der Waals surface area (Å²) in [5.74, 6) is -1.07. The molecule has 0 bridgehead atoms. The predicted molar refractivity (Wildman–Crippen MR) is 53.7 cm³/mol. The Bertz CT molecular complexity index is 178. The molecule has 2 atom stereocenters. The summed E-state index contributed by atoms with van der Waals surface area (Å²) in [5, 5.41) is 11.9. The van der Waals surface area contributed by atoms with E-state index in [2.05, 4.69) is 11.4 Å². The first-order chi connectivity index (χ1) is 6.09. The maximum atomic E-state index is 10.6. The minimum atomic E-state index is -0.744. The third-order valence-electron chi connectivity index (χ3n) is 2.15. The van der Waals surface area contributed by atoms with E-state index in [0.717, 1.165) is 13.0 Å². The van der Waals surface area contributed by atoms with Crippen molar-refractivity contribution in [3.63, 3.8) is 0 Å². The highest BCUT2D eigenvalue weighted by Crippen LogP contribution is 2.01. The number of rotatable bonds is 6. The van der Waals surface area contributed by atoms with Gasteiger partial charge in [0.1, 0.15) is 0 Å². The van der Waals surface area contributed by atoms with E-state index in [1.807, 2.05) is 19.9 Å². The molecule has 3 heteroatoms. The van der Waals surface area contributed by atoms with Gasteiger partial charge in [0.05, 0.1) is 5.92 Å². The SMILES string of the molecule is C/C=C/CCNC(C)C(C)C(=O)O. The van der Waals surface area contributed by atoms with Gasteiger partial charge in [-0.05, 0) is 26.8 Å². The summed E-state index contributed by atoms with van der Waals surface area (Å²) in [6.07, 6.45) is 5.01. The molecule has 2 unspecified atom stereocenters. The highest BCUT2D eigenvalue weighted by Gasteiger charge is 2.17. The van der Waals surface area contributed by atoms with E-state index in [-0.39, 0.29) is 12.0 Å². The Morgan fingerprint density at radius 3 is 2.62 bits per heavy atom. The quantitative estimate of drug-likeness (QED) is 0.488. The van der Waals surface area contributed by atoms with Crippen molar-refractivity contribution in [3.8, 4) is 0 Å². The van der Waals surface area contributed by atoms with Crippen LogP contribution in [0.1, 0.15) is 27.2 Å². The molecule has 0 fully saturated rings. The van der Waals surface area contributed by atoms with E-state index in [9.17, 15) is 4.79 Å². The van der Waals surface area contributed by atoms with Crippen molar-refractivity contribution in [1.82, 2.24) is 5.32 Å². The van der Waals surface area contributed by atoms with E-state index in [4.69, 9.17) is 5.11 Å². The van der Waals surface area contributed by atoms with Gasteiger partial charge in [-0.15, -0.1) is 0 Å². The van der Waals surface area contributed by atoms with Crippen molar-refractivity contribution in [2.24, 2.45) is 5.92 Å². The van der Waals surface area contributed by atoms with Gasteiger partial charge in [0.25, 0.3) is 0 Å².